The first-order valence-corrected chi connectivity index (χ1v) is 13.8. The van der Waals surface area contributed by atoms with Gasteiger partial charge in [0.15, 0.2) is 5.78 Å². The van der Waals surface area contributed by atoms with Crippen LogP contribution in [-0.2, 0) is 44.7 Å². The zero-order valence-electron chi connectivity index (χ0n) is 23.2. The van der Waals surface area contributed by atoms with Crippen LogP contribution in [0.5, 0.6) is 0 Å². The van der Waals surface area contributed by atoms with Gasteiger partial charge in [0.2, 0.25) is 11.8 Å². The first-order chi connectivity index (χ1) is 19.9. The van der Waals surface area contributed by atoms with E-state index in [4.69, 9.17) is 21.9 Å². The van der Waals surface area contributed by atoms with Crippen molar-refractivity contribution in [1.29, 1.82) is 0 Å². The number of alkyl halides is 3. The zero-order chi connectivity index (χ0) is 30.9. The Balaban J connectivity index is 1.68. The van der Waals surface area contributed by atoms with Crippen molar-refractivity contribution in [3.63, 3.8) is 0 Å². The highest BCUT2D eigenvalue weighted by molar-refractivity contribution is 6.61. The third kappa shape index (κ3) is 9.36. The molecule has 14 heteroatoms. The smallest absolute Gasteiger partial charge is 0.423 e. The minimum absolute atomic E-state index is 0.0156. The van der Waals surface area contributed by atoms with Gasteiger partial charge >= 0.3 is 13.3 Å². The van der Waals surface area contributed by atoms with Gasteiger partial charge in [-0.1, -0.05) is 30.3 Å². The first kappa shape index (κ1) is 33.2. The standard InChI is InChI=1S/C28H37BF3N5O5/c30-28(31,32)21-6-2-18(3-7-21)4-9-24(25(38)16-19-1-5-20-17-42-29(41)22(20)15-19)36-27(40)23(35)8-10-26(39)37(13-11-33)14-12-34/h1-3,5-7,15,23-24,41H,4,8-14,16-17,33-35H2,(H,36,40)/t23-,24+/m0/s1. The van der Waals surface area contributed by atoms with E-state index in [9.17, 15) is 32.6 Å². The normalized spacial score (nSPS) is 14.3. The summed E-state index contributed by atoms with van der Waals surface area (Å²) in [7, 11) is -1.09. The number of aryl methyl sites for hydroxylation is 1. The monoisotopic (exact) mass is 591 g/mol. The molecule has 0 aromatic heterocycles. The van der Waals surface area contributed by atoms with Gasteiger partial charge < -0.3 is 37.1 Å². The Morgan fingerprint density at radius 2 is 1.67 bits per heavy atom. The fourth-order valence-electron chi connectivity index (χ4n) is 4.70. The second kappa shape index (κ2) is 15.3. The Bertz CT molecular complexity index is 1230. The third-order valence-corrected chi connectivity index (χ3v) is 7.12. The third-order valence-electron chi connectivity index (χ3n) is 7.12. The van der Waals surface area contributed by atoms with Gasteiger partial charge in [0, 0.05) is 39.0 Å². The molecule has 0 saturated heterocycles. The topological polar surface area (TPSA) is 174 Å². The highest BCUT2D eigenvalue weighted by Crippen LogP contribution is 2.29. The Morgan fingerprint density at radius 3 is 2.29 bits per heavy atom. The van der Waals surface area contributed by atoms with Crippen LogP contribution < -0.4 is 28.0 Å². The number of nitrogens with two attached hydrogens (primary N) is 3. The first-order valence-electron chi connectivity index (χ1n) is 13.8. The highest BCUT2D eigenvalue weighted by atomic mass is 19.4. The summed E-state index contributed by atoms with van der Waals surface area (Å²) in [6, 6.07) is 7.68. The molecule has 0 radical (unpaired) electrons. The largest absolute Gasteiger partial charge is 0.491 e. The number of benzene rings is 2. The van der Waals surface area contributed by atoms with Crippen molar-refractivity contribution in [3.8, 4) is 0 Å². The van der Waals surface area contributed by atoms with Crippen molar-refractivity contribution in [2.24, 2.45) is 17.2 Å². The molecule has 0 fully saturated rings. The summed E-state index contributed by atoms with van der Waals surface area (Å²) in [6.07, 6.45) is -4.20. The number of ketones is 1. The van der Waals surface area contributed by atoms with E-state index in [1.165, 1.54) is 17.0 Å². The molecule has 0 bridgehead atoms. The van der Waals surface area contributed by atoms with Crippen LogP contribution in [0.3, 0.4) is 0 Å². The molecular formula is C28H37BF3N5O5. The average Bonchev–Trinajstić information content (AvgIpc) is 3.32. The SMILES string of the molecule is NCCN(CCN)C(=O)CC[C@H](N)C(=O)N[C@H](CCc1ccc(C(F)(F)F)cc1)C(=O)Cc1ccc2c(c1)B(O)OC2. The van der Waals surface area contributed by atoms with Crippen LogP contribution in [0, 0.1) is 0 Å². The molecule has 8 N–H and O–H groups in total. The molecule has 0 unspecified atom stereocenters. The molecule has 10 nitrogen and oxygen atoms in total. The summed E-state index contributed by atoms with van der Waals surface area (Å²) in [5.74, 6) is -1.22. The van der Waals surface area contributed by atoms with Gasteiger partial charge in [-0.05, 0) is 53.5 Å². The van der Waals surface area contributed by atoms with Crippen LogP contribution >= 0.6 is 0 Å². The molecule has 1 aliphatic heterocycles. The van der Waals surface area contributed by atoms with E-state index in [1.54, 1.807) is 18.2 Å². The van der Waals surface area contributed by atoms with Crippen molar-refractivity contribution in [2.75, 3.05) is 26.2 Å². The number of nitrogens with zero attached hydrogens (tertiary/aromatic N) is 1. The van der Waals surface area contributed by atoms with Gasteiger partial charge in [0.1, 0.15) is 0 Å². The fraction of sp³-hybridized carbons (Fsp3) is 0.464. The molecule has 228 valence electrons. The van der Waals surface area contributed by atoms with Gasteiger partial charge in [0.25, 0.3) is 0 Å². The van der Waals surface area contributed by atoms with Crippen molar-refractivity contribution in [3.05, 3.63) is 64.7 Å². The van der Waals surface area contributed by atoms with Crippen molar-refractivity contribution < 1.29 is 37.2 Å². The molecule has 2 amide bonds. The van der Waals surface area contributed by atoms with Gasteiger partial charge in [-0.3, -0.25) is 14.4 Å². The van der Waals surface area contributed by atoms with Crippen LogP contribution in [0.15, 0.2) is 42.5 Å². The van der Waals surface area contributed by atoms with Crippen molar-refractivity contribution in [1.82, 2.24) is 10.2 Å². The molecule has 0 aliphatic carbocycles. The molecule has 0 saturated carbocycles. The maximum absolute atomic E-state index is 13.4. The molecule has 3 rings (SSSR count). The van der Waals surface area contributed by atoms with Gasteiger partial charge in [-0.25, -0.2) is 0 Å². The van der Waals surface area contributed by atoms with E-state index < -0.39 is 36.8 Å². The number of rotatable bonds is 15. The summed E-state index contributed by atoms with van der Waals surface area (Å²) >= 11 is 0. The Morgan fingerprint density at radius 1 is 1.02 bits per heavy atom. The van der Waals surface area contributed by atoms with Crippen molar-refractivity contribution >= 4 is 30.2 Å². The molecule has 2 aromatic rings. The predicted octanol–water partition coefficient (Wildman–Crippen LogP) is 0.00580. The van der Waals surface area contributed by atoms with E-state index >= 15 is 0 Å². The number of fused-ring (bicyclic) bond motifs is 1. The minimum atomic E-state index is -4.47. The van der Waals surface area contributed by atoms with Crippen LogP contribution in [0.1, 0.15) is 41.5 Å². The van der Waals surface area contributed by atoms with E-state index in [0.717, 1.165) is 17.7 Å². The van der Waals surface area contributed by atoms with E-state index in [2.05, 4.69) is 5.32 Å². The van der Waals surface area contributed by atoms with Crippen LogP contribution in [0.2, 0.25) is 0 Å². The molecule has 2 atom stereocenters. The lowest BCUT2D eigenvalue weighted by Crippen LogP contribution is -2.49. The van der Waals surface area contributed by atoms with E-state index in [0.29, 0.717) is 29.7 Å². The summed E-state index contributed by atoms with van der Waals surface area (Å²) < 4.78 is 44.0. The number of halogens is 3. The maximum Gasteiger partial charge on any atom is 0.491 e. The van der Waals surface area contributed by atoms with Crippen molar-refractivity contribution in [2.45, 2.75) is 57.0 Å². The van der Waals surface area contributed by atoms with Crippen LogP contribution in [0.25, 0.3) is 0 Å². The predicted molar refractivity (Wildman–Crippen MR) is 151 cm³/mol. The number of amides is 2. The second-order valence-electron chi connectivity index (χ2n) is 10.2. The quantitative estimate of drug-likeness (QED) is 0.180. The Hall–Kier alpha value is -3.30. The number of hydrogen-bond donors (Lipinski definition) is 5. The lowest BCUT2D eigenvalue weighted by Gasteiger charge is -2.23. The number of Topliss-reactive ketones (excluding diaryl/α,β-unsaturated/α-hetero) is 1. The lowest BCUT2D eigenvalue weighted by atomic mass is 9.78. The molecular weight excluding hydrogens is 554 g/mol. The average molecular weight is 591 g/mol. The van der Waals surface area contributed by atoms with E-state index in [1.807, 2.05) is 0 Å². The van der Waals surface area contributed by atoms with Crippen LogP contribution in [-0.4, -0.2) is 72.9 Å². The van der Waals surface area contributed by atoms with E-state index in [-0.39, 0.29) is 63.5 Å². The van der Waals surface area contributed by atoms with Gasteiger partial charge in [0.05, 0.1) is 24.3 Å². The summed E-state index contributed by atoms with van der Waals surface area (Å²) in [6.45, 7) is 1.43. The van der Waals surface area contributed by atoms with Gasteiger partial charge in [-0.2, -0.15) is 13.2 Å². The second-order valence-corrected chi connectivity index (χ2v) is 10.2. The number of hydrogen-bond acceptors (Lipinski definition) is 8. The molecule has 0 spiro atoms. The molecule has 1 heterocycles. The maximum atomic E-state index is 13.4. The minimum Gasteiger partial charge on any atom is -0.423 e. The number of nitrogens with one attached hydrogen (secondary N) is 1. The summed E-state index contributed by atoms with van der Waals surface area (Å²) in [5.41, 5.74) is 18.9. The molecule has 2 aromatic carbocycles. The summed E-state index contributed by atoms with van der Waals surface area (Å²) in [5, 5.41) is 12.7. The fourth-order valence-corrected chi connectivity index (χ4v) is 4.70. The number of carbonyl (C=O) groups is 3. The Kier molecular flexibility index (Phi) is 12.1. The number of carbonyl (C=O) groups excluding carboxylic acids is 3. The molecule has 42 heavy (non-hydrogen) atoms. The molecule has 1 aliphatic rings. The lowest BCUT2D eigenvalue weighted by molar-refractivity contribution is -0.137. The van der Waals surface area contributed by atoms with Crippen LogP contribution in [0.4, 0.5) is 13.2 Å². The zero-order valence-corrected chi connectivity index (χ0v) is 23.2. The Labute approximate surface area is 242 Å². The van der Waals surface area contributed by atoms with Gasteiger partial charge in [-0.15, -0.1) is 0 Å². The highest BCUT2D eigenvalue weighted by Gasteiger charge is 2.31. The summed E-state index contributed by atoms with van der Waals surface area (Å²) in [4.78, 5) is 40.4.